The van der Waals surface area contributed by atoms with E-state index < -0.39 is 11.6 Å². The van der Waals surface area contributed by atoms with E-state index in [0.29, 0.717) is 5.56 Å². The minimum Gasteiger partial charge on any atom is -0.316 e. The van der Waals surface area contributed by atoms with Crippen molar-refractivity contribution in [3.63, 3.8) is 0 Å². The SMILES string of the molecule is CCCNCC1(Cc2ccc(F)cc2F)CCCC1. The van der Waals surface area contributed by atoms with Crippen molar-refractivity contribution in [1.82, 2.24) is 5.32 Å². The van der Waals surface area contributed by atoms with Crippen molar-refractivity contribution in [3.05, 3.63) is 35.4 Å². The molecule has 0 spiro atoms. The summed E-state index contributed by atoms with van der Waals surface area (Å²) in [4.78, 5) is 0. The summed E-state index contributed by atoms with van der Waals surface area (Å²) in [6.07, 6.45) is 6.55. The van der Waals surface area contributed by atoms with E-state index in [1.807, 2.05) is 0 Å². The van der Waals surface area contributed by atoms with Crippen LogP contribution < -0.4 is 5.32 Å². The molecule has 0 bridgehead atoms. The lowest BCUT2D eigenvalue weighted by molar-refractivity contribution is 0.274. The smallest absolute Gasteiger partial charge is 0.129 e. The van der Waals surface area contributed by atoms with Gasteiger partial charge in [-0.3, -0.25) is 0 Å². The van der Waals surface area contributed by atoms with Crippen LogP contribution in [0.3, 0.4) is 0 Å². The summed E-state index contributed by atoms with van der Waals surface area (Å²) in [7, 11) is 0. The highest BCUT2D eigenvalue weighted by atomic mass is 19.1. The number of hydrogen-bond acceptors (Lipinski definition) is 1. The lowest BCUT2D eigenvalue weighted by atomic mass is 9.79. The van der Waals surface area contributed by atoms with Crippen LogP contribution in [0.4, 0.5) is 8.78 Å². The third kappa shape index (κ3) is 3.75. The van der Waals surface area contributed by atoms with Crippen LogP contribution in [0.2, 0.25) is 0 Å². The Balaban J connectivity index is 2.07. The maximum Gasteiger partial charge on any atom is 0.129 e. The summed E-state index contributed by atoms with van der Waals surface area (Å²) in [5.41, 5.74) is 0.815. The monoisotopic (exact) mass is 267 g/mol. The maximum absolute atomic E-state index is 13.8. The molecule has 0 radical (unpaired) electrons. The van der Waals surface area contributed by atoms with Crippen LogP contribution in [0.1, 0.15) is 44.6 Å². The van der Waals surface area contributed by atoms with Gasteiger partial charge >= 0.3 is 0 Å². The third-order valence-electron chi connectivity index (χ3n) is 4.17. The quantitative estimate of drug-likeness (QED) is 0.766. The van der Waals surface area contributed by atoms with E-state index in [0.717, 1.165) is 44.8 Å². The van der Waals surface area contributed by atoms with E-state index >= 15 is 0 Å². The largest absolute Gasteiger partial charge is 0.316 e. The molecule has 106 valence electrons. The fourth-order valence-electron chi connectivity index (χ4n) is 3.14. The Kier molecular flexibility index (Phi) is 4.92. The molecule has 0 aliphatic heterocycles. The van der Waals surface area contributed by atoms with Crippen molar-refractivity contribution < 1.29 is 8.78 Å². The summed E-state index contributed by atoms with van der Waals surface area (Å²) < 4.78 is 26.8. The Bertz CT molecular complexity index is 411. The van der Waals surface area contributed by atoms with Crippen LogP contribution in [-0.4, -0.2) is 13.1 Å². The highest BCUT2D eigenvalue weighted by molar-refractivity contribution is 5.20. The van der Waals surface area contributed by atoms with E-state index in [9.17, 15) is 8.78 Å². The van der Waals surface area contributed by atoms with E-state index in [1.165, 1.54) is 18.9 Å². The minimum absolute atomic E-state index is 0.161. The molecule has 0 saturated heterocycles. The molecule has 1 aromatic carbocycles. The lowest BCUT2D eigenvalue weighted by Gasteiger charge is -2.30. The molecule has 3 heteroatoms. The predicted octanol–water partition coefficient (Wildman–Crippen LogP) is 4.07. The van der Waals surface area contributed by atoms with E-state index in [-0.39, 0.29) is 5.41 Å². The van der Waals surface area contributed by atoms with E-state index in [1.54, 1.807) is 6.07 Å². The number of hydrogen-bond donors (Lipinski definition) is 1. The summed E-state index contributed by atoms with van der Waals surface area (Å²) in [5, 5.41) is 3.47. The molecule has 0 unspecified atom stereocenters. The van der Waals surface area contributed by atoms with Crippen molar-refractivity contribution >= 4 is 0 Å². The van der Waals surface area contributed by atoms with Crippen LogP contribution in [0, 0.1) is 17.0 Å². The van der Waals surface area contributed by atoms with Crippen LogP contribution >= 0.6 is 0 Å². The molecule has 1 N–H and O–H groups in total. The number of rotatable bonds is 6. The molecule has 1 nitrogen and oxygen atoms in total. The topological polar surface area (TPSA) is 12.0 Å². The molecule has 0 aromatic heterocycles. The van der Waals surface area contributed by atoms with Gasteiger partial charge in [0.05, 0.1) is 0 Å². The van der Waals surface area contributed by atoms with E-state index in [4.69, 9.17) is 0 Å². The third-order valence-corrected chi connectivity index (χ3v) is 4.17. The zero-order valence-corrected chi connectivity index (χ0v) is 11.6. The van der Waals surface area contributed by atoms with Crippen LogP contribution in [0.25, 0.3) is 0 Å². The second kappa shape index (κ2) is 6.47. The Morgan fingerprint density at radius 1 is 1.21 bits per heavy atom. The molecule has 1 saturated carbocycles. The molecule has 1 aliphatic rings. The van der Waals surface area contributed by atoms with Crippen LogP contribution in [0.5, 0.6) is 0 Å². The fraction of sp³-hybridized carbons (Fsp3) is 0.625. The zero-order chi connectivity index (χ0) is 13.7. The van der Waals surface area contributed by atoms with Crippen molar-refractivity contribution in [2.75, 3.05) is 13.1 Å². The van der Waals surface area contributed by atoms with Gasteiger partial charge in [0, 0.05) is 12.6 Å². The second-order valence-corrected chi connectivity index (χ2v) is 5.80. The Morgan fingerprint density at radius 2 is 1.95 bits per heavy atom. The molecule has 2 rings (SSSR count). The number of nitrogens with one attached hydrogen (secondary N) is 1. The first-order chi connectivity index (χ1) is 9.15. The first kappa shape index (κ1) is 14.4. The Morgan fingerprint density at radius 3 is 2.58 bits per heavy atom. The fourth-order valence-corrected chi connectivity index (χ4v) is 3.14. The molecule has 1 aromatic rings. The van der Waals surface area contributed by atoms with Crippen molar-refractivity contribution in [1.29, 1.82) is 0 Å². The van der Waals surface area contributed by atoms with E-state index in [2.05, 4.69) is 12.2 Å². The first-order valence-electron chi connectivity index (χ1n) is 7.30. The Labute approximate surface area is 114 Å². The number of benzene rings is 1. The van der Waals surface area contributed by atoms with Crippen molar-refractivity contribution in [2.24, 2.45) is 5.41 Å². The van der Waals surface area contributed by atoms with Gasteiger partial charge in [0.15, 0.2) is 0 Å². The van der Waals surface area contributed by atoms with Gasteiger partial charge in [-0.25, -0.2) is 8.78 Å². The summed E-state index contributed by atoms with van der Waals surface area (Å²) >= 11 is 0. The summed E-state index contributed by atoms with van der Waals surface area (Å²) in [6.45, 7) is 4.10. The van der Waals surface area contributed by atoms with Gasteiger partial charge in [-0.2, -0.15) is 0 Å². The van der Waals surface area contributed by atoms with Crippen molar-refractivity contribution in [2.45, 2.75) is 45.4 Å². The van der Waals surface area contributed by atoms with Crippen molar-refractivity contribution in [3.8, 4) is 0 Å². The average Bonchev–Trinajstić information content (AvgIpc) is 2.82. The van der Waals surface area contributed by atoms with Gasteiger partial charge in [0.2, 0.25) is 0 Å². The number of halogens is 2. The Hall–Kier alpha value is -0.960. The molecular formula is C16H23F2N. The van der Waals surface area contributed by atoms with Gasteiger partial charge in [0.1, 0.15) is 11.6 Å². The van der Waals surface area contributed by atoms with Gasteiger partial charge in [-0.05, 0) is 49.3 Å². The molecule has 1 aliphatic carbocycles. The normalized spacial score (nSPS) is 17.8. The summed E-state index contributed by atoms with van der Waals surface area (Å²) in [6, 6.07) is 3.96. The minimum atomic E-state index is -0.495. The van der Waals surface area contributed by atoms with Gasteiger partial charge in [-0.1, -0.05) is 25.8 Å². The molecule has 19 heavy (non-hydrogen) atoms. The molecule has 0 heterocycles. The summed E-state index contributed by atoms with van der Waals surface area (Å²) in [5.74, 6) is -0.896. The van der Waals surface area contributed by atoms with Gasteiger partial charge < -0.3 is 5.32 Å². The second-order valence-electron chi connectivity index (χ2n) is 5.80. The maximum atomic E-state index is 13.8. The van der Waals surface area contributed by atoms with Crippen LogP contribution in [0.15, 0.2) is 18.2 Å². The predicted molar refractivity (Wildman–Crippen MR) is 74.1 cm³/mol. The molecule has 0 atom stereocenters. The van der Waals surface area contributed by atoms with Gasteiger partial charge in [-0.15, -0.1) is 0 Å². The zero-order valence-electron chi connectivity index (χ0n) is 11.6. The molecule has 0 amide bonds. The first-order valence-corrected chi connectivity index (χ1v) is 7.30. The highest BCUT2D eigenvalue weighted by Gasteiger charge is 2.34. The average molecular weight is 267 g/mol. The van der Waals surface area contributed by atoms with Gasteiger partial charge in [0.25, 0.3) is 0 Å². The molecule has 1 fully saturated rings. The molecular weight excluding hydrogens is 244 g/mol. The highest BCUT2D eigenvalue weighted by Crippen LogP contribution is 2.40. The lowest BCUT2D eigenvalue weighted by Crippen LogP contribution is -2.34. The van der Waals surface area contributed by atoms with Crippen LogP contribution in [-0.2, 0) is 6.42 Å². The standard InChI is InChI=1S/C16H23F2N/c1-2-9-19-12-16(7-3-4-8-16)11-13-5-6-14(17)10-15(13)18/h5-6,10,19H,2-4,7-9,11-12H2,1H3.